The number of hydrogen-bond donors (Lipinski definition) is 2. The van der Waals surface area contributed by atoms with Gasteiger partial charge in [-0.2, -0.15) is 0 Å². The Morgan fingerprint density at radius 3 is 2.36 bits per heavy atom. The molecule has 2 aromatic rings. The number of aryl methyl sites for hydroxylation is 2. The van der Waals surface area contributed by atoms with Crippen LogP contribution >= 0.6 is 0 Å². The SMILES string of the molecule is CCN(c1ccc(C(=O)NCc2c(C)cc(C)[nH]c2=O)cc1)C(C)C. The molecular formula is C20H27N3O2. The fraction of sp³-hybridized carbons (Fsp3) is 0.400. The van der Waals surface area contributed by atoms with E-state index in [1.807, 2.05) is 44.2 Å². The molecule has 0 aliphatic heterocycles. The summed E-state index contributed by atoms with van der Waals surface area (Å²) in [5, 5.41) is 2.83. The minimum atomic E-state index is -0.182. The summed E-state index contributed by atoms with van der Waals surface area (Å²) in [5.74, 6) is -0.182. The van der Waals surface area contributed by atoms with Crippen LogP contribution in [0.1, 0.15) is 48.0 Å². The van der Waals surface area contributed by atoms with E-state index < -0.39 is 0 Å². The first-order chi connectivity index (χ1) is 11.8. The topological polar surface area (TPSA) is 65.2 Å². The highest BCUT2D eigenvalue weighted by Crippen LogP contribution is 2.17. The minimum Gasteiger partial charge on any atom is -0.369 e. The Kier molecular flexibility index (Phi) is 6.02. The second-order valence-corrected chi connectivity index (χ2v) is 6.55. The second kappa shape index (κ2) is 8.01. The summed E-state index contributed by atoms with van der Waals surface area (Å²) in [6, 6.07) is 9.87. The zero-order valence-corrected chi connectivity index (χ0v) is 15.6. The smallest absolute Gasteiger partial charge is 0.253 e. The molecule has 1 aromatic carbocycles. The molecule has 0 atom stereocenters. The van der Waals surface area contributed by atoms with Crippen molar-refractivity contribution < 1.29 is 4.79 Å². The van der Waals surface area contributed by atoms with Gasteiger partial charge >= 0.3 is 0 Å². The molecular weight excluding hydrogens is 314 g/mol. The first kappa shape index (κ1) is 18.8. The molecule has 2 rings (SSSR count). The molecule has 134 valence electrons. The highest BCUT2D eigenvalue weighted by atomic mass is 16.1. The van der Waals surface area contributed by atoms with Crippen LogP contribution < -0.4 is 15.8 Å². The van der Waals surface area contributed by atoms with E-state index in [2.05, 4.69) is 36.0 Å². The molecule has 0 saturated heterocycles. The van der Waals surface area contributed by atoms with Gasteiger partial charge in [-0.1, -0.05) is 0 Å². The Hall–Kier alpha value is -2.56. The standard InChI is InChI=1S/C20H27N3O2/c1-6-23(13(2)3)17-9-7-16(8-10-17)19(24)21-12-18-14(4)11-15(5)22-20(18)25/h7-11,13H,6,12H2,1-5H3,(H,21,24)(H,22,25). The van der Waals surface area contributed by atoms with Crippen molar-refractivity contribution in [3.63, 3.8) is 0 Å². The highest BCUT2D eigenvalue weighted by Gasteiger charge is 2.11. The number of rotatable bonds is 6. The van der Waals surface area contributed by atoms with Crippen LogP contribution in [0.4, 0.5) is 5.69 Å². The molecule has 1 heterocycles. The molecule has 5 nitrogen and oxygen atoms in total. The number of nitrogens with zero attached hydrogens (tertiary/aromatic N) is 1. The van der Waals surface area contributed by atoms with Gasteiger partial charge in [0.05, 0.1) is 0 Å². The van der Waals surface area contributed by atoms with Crippen LogP contribution in [0.25, 0.3) is 0 Å². The van der Waals surface area contributed by atoms with Crippen molar-refractivity contribution >= 4 is 11.6 Å². The summed E-state index contributed by atoms with van der Waals surface area (Å²) in [7, 11) is 0. The Morgan fingerprint density at radius 2 is 1.84 bits per heavy atom. The summed E-state index contributed by atoms with van der Waals surface area (Å²) < 4.78 is 0. The summed E-state index contributed by atoms with van der Waals surface area (Å²) in [6.07, 6.45) is 0. The molecule has 0 saturated carbocycles. The maximum absolute atomic E-state index is 12.4. The Bertz CT molecular complexity index is 792. The zero-order chi connectivity index (χ0) is 18.6. The fourth-order valence-electron chi connectivity index (χ4n) is 3.02. The number of amides is 1. The summed E-state index contributed by atoms with van der Waals surface area (Å²) in [4.78, 5) is 29.4. The van der Waals surface area contributed by atoms with Crippen LogP contribution in [0, 0.1) is 13.8 Å². The lowest BCUT2D eigenvalue weighted by Crippen LogP contribution is -2.30. The molecule has 0 aliphatic carbocycles. The Balaban J connectivity index is 2.08. The molecule has 1 aromatic heterocycles. The van der Waals surface area contributed by atoms with Crippen molar-refractivity contribution in [1.29, 1.82) is 0 Å². The maximum Gasteiger partial charge on any atom is 0.253 e. The van der Waals surface area contributed by atoms with E-state index in [4.69, 9.17) is 0 Å². The molecule has 2 N–H and O–H groups in total. The van der Waals surface area contributed by atoms with Gasteiger partial charge in [0.25, 0.3) is 11.5 Å². The molecule has 1 amide bonds. The Morgan fingerprint density at radius 1 is 1.20 bits per heavy atom. The molecule has 0 bridgehead atoms. The average molecular weight is 341 g/mol. The largest absolute Gasteiger partial charge is 0.369 e. The molecule has 0 spiro atoms. The van der Waals surface area contributed by atoms with Crippen molar-refractivity contribution in [3.8, 4) is 0 Å². The minimum absolute atomic E-state index is 0.149. The van der Waals surface area contributed by atoms with Crippen molar-refractivity contribution in [2.75, 3.05) is 11.4 Å². The van der Waals surface area contributed by atoms with Gasteiger partial charge in [-0.3, -0.25) is 9.59 Å². The summed E-state index contributed by atoms with van der Waals surface area (Å²) in [5.41, 5.74) is 3.83. The predicted octanol–water partition coefficient (Wildman–Crippen LogP) is 3.16. The normalized spacial score (nSPS) is 10.8. The number of hydrogen-bond acceptors (Lipinski definition) is 3. The molecule has 0 fully saturated rings. The quantitative estimate of drug-likeness (QED) is 0.848. The lowest BCUT2D eigenvalue weighted by Gasteiger charge is -2.27. The van der Waals surface area contributed by atoms with E-state index >= 15 is 0 Å². The zero-order valence-electron chi connectivity index (χ0n) is 15.6. The lowest BCUT2D eigenvalue weighted by atomic mass is 10.1. The molecule has 0 aliphatic rings. The molecule has 0 unspecified atom stereocenters. The molecule has 0 radical (unpaired) electrons. The fourth-order valence-corrected chi connectivity index (χ4v) is 3.02. The van der Waals surface area contributed by atoms with Gasteiger partial charge in [-0.25, -0.2) is 0 Å². The van der Waals surface area contributed by atoms with E-state index in [1.54, 1.807) is 0 Å². The average Bonchev–Trinajstić information content (AvgIpc) is 2.54. The van der Waals surface area contributed by atoms with Gasteiger partial charge in [0.1, 0.15) is 0 Å². The number of carbonyl (C=O) groups excluding carboxylic acids is 1. The number of nitrogens with one attached hydrogen (secondary N) is 2. The van der Waals surface area contributed by atoms with Crippen molar-refractivity contribution in [2.24, 2.45) is 0 Å². The summed E-state index contributed by atoms with van der Waals surface area (Å²) in [6.45, 7) is 11.3. The first-order valence-electron chi connectivity index (χ1n) is 8.67. The third kappa shape index (κ3) is 4.50. The van der Waals surface area contributed by atoms with Crippen molar-refractivity contribution in [1.82, 2.24) is 10.3 Å². The van der Waals surface area contributed by atoms with Crippen LogP contribution in [0.5, 0.6) is 0 Å². The van der Waals surface area contributed by atoms with E-state index in [1.165, 1.54) is 0 Å². The van der Waals surface area contributed by atoms with Crippen molar-refractivity contribution in [3.05, 3.63) is 63.1 Å². The number of benzene rings is 1. The van der Waals surface area contributed by atoms with Crippen LogP contribution in [-0.4, -0.2) is 23.5 Å². The highest BCUT2D eigenvalue weighted by molar-refractivity contribution is 5.94. The summed E-state index contributed by atoms with van der Waals surface area (Å²) >= 11 is 0. The molecule has 5 heteroatoms. The third-order valence-corrected chi connectivity index (χ3v) is 4.34. The van der Waals surface area contributed by atoms with Gasteiger partial charge in [0.15, 0.2) is 0 Å². The van der Waals surface area contributed by atoms with Crippen LogP contribution in [-0.2, 0) is 6.54 Å². The lowest BCUT2D eigenvalue weighted by molar-refractivity contribution is 0.0951. The third-order valence-electron chi connectivity index (χ3n) is 4.34. The Labute approximate surface area is 149 Å². The van der Waals surface area contributed by atoms with Gasteiger partial charge in [-0.05, 0) is 70.5 Å². The van der Waals surface area contributed by atoms with Gasteiger partial charge < -0.3 is 15.2 Å². The monoisotopic (exact) mass is 341 g/mol. The van der Waals surface area contributed by atoms with E-state index in [0.29, 0.717) is 17.2 Å². The van der Waals surface area contributed by atoms with Crippen molar-refractivity contribution in [2.45, 2.75) is 47.2 Å². The van der Waals surface area contributed by atoms with E-state index in [9.17, 15) is 9.59 Å². The van der Waals surface area contributed by atoms with Gasteiger partial charge in [-0.15, -0.1) is 0 Å². The first-order valence-corrected chi connectivity index (χ1v) is 8.67. The maximum atomic E-state index is 12.4. The number of pyridine rings is 1. The second-order valence-electron chi connectivity index (χ2n) is 6.55. The van der Waals surface area contributed by atoms with Crippen LogP contribution in [0.2, 0.25) is 0 Å². The van der Waals surface area contributed by atoms with Crippen LogP contribution in [0.3, 0.4) is 0 Å². The van der Waals surface area contributed by atoms with E-state index in [-0.39, 0.29) is 18.0 Å². The number of aromatic nitrogens is 1. The van der Waals surface area contributed by atoms with E-state index in [0.717, 1.165) is 23.5 Å². The molecule has 25 heavy (non-hydrogen) atoms. The van der Waals surface area contributed by atoms with Crippen LogP contribution in [0.15, 0.2) is 35.1 Å². The number of carbonyl (C=O) groups is 1. The predicted molar refractivity (Wildman–Crippen MR) is 102 cm³/mol. The number of H-pyrrole nitrogens is 1. The number of anilines is 1. The van der Waals surface area contributed by atoms with Gasteiger partial charge in [0.2, 0.25) is 0 Å². The number of aromatic amines is 1. The van der Waals surface area contributed by atoms with Gasteiger partial charge in [0, 0.05) is 41.6 Å².